The lowest BCUT2D eigenvalue weighted by molar-refractivity contribution is -0.136. The number of aliphatic carboxylic acids is 1. The van der Waals surface area contributed by atoms with Gasteiger partial charge in [0.1, 0.15) is 5.75 Å². The Morgan fingerprint density at radius 3 is 2.78 bits per heavy atom. The molecule has 2 N–H and O–H groups in total. The van der Waals surface area contributed by atoms with E-state index in [1.54, 1.807) is 18.2 Å². The minimum Gasteiger partial charge on any atom is -0.496 e. The van der Waals surface area contributed by atoms with Crippen LogP contribution in [0.25, 0.3) is 0 Å². The summed E-state index contributed by atoms with van der Waals surface area (Å²) in [5.74, 6) is -0.704. The van der Waals surface area contributed by atoms with Gasteiger partial charge >= 0.3 is 5.97 Å². The summed E-state index contributed by atoms with van der Waals surface area (Å²) in [6, 6.07) is 5.11. The molecule has 0 aromatic heterocycles. The summed E-state index contributed by atoms with van der Waals surface area (Å²) in [6.45, 7) is 0.0981. The van der Waals surface area contributed by atoms with Gasteiger partial charge in [-0.15, -0.1) is 0 Å². The van der Waals surface area contributed by atoms with Crippen LogP contribution in [0.2, 0.25) is 5.02 Å². The molecule has 0 unspecified atom stereocenters. The van der Waals surface area contributed by atoms with Gasteiger partial charge in [0.2, 0.25) is 5.91 Å². The van der Waals surface area contributed by atoms with Crippen LogP contribution in [0.5, 0.6) is 5.75 Å². The number of rotatable bonds is 6. The number of nitrogens with one attached hydrogen (secondary N) is 1. The van der Waals surface area contributed by atoms with E-state index < -0.39 is 5.97 Å². The highest BCUT2D eigenvalue weighted by atomic mass is 35.5. The quantitative estimate of drug-likeness (QED) is 0.822. The Labute approximate surface area is 110 Å². The van der Waals surface area contributed by atoms with Crippen LogP contribution in [0.15, 0.2) is 18.2 Å². The van der Waals surface area contributed by atoms with Crippen molar-refractivity contribution < 1.29 is 19.4 Å². The van der Waals surface area contributed by atoms with Crippen molar-refractivity contribution in [1.29, 1.82) is 0 Å². The van der Waals surface area contributed by atoms with Crippen LogP contribution in [0.1, 0.15) is 12.0 Å². The zero-order valence-electron chi connectivity index (χ0n) is 9.90. The van der Waals surface area contributed by atoms with Crippen molar-refractivity contribution in [2.75, 3.05) is 13.7 Å². The molecule has 0 radical (unpaired) electrons. The van der Waals surface area contributed by atoms with Crippen LogP contribution in [0.4, 0.5) is 0 Å². The molecule has 0 aliphatic carbocycles. The third-order valence-corrected chi connectivity index (χ3v) is 2.65. The number of carboxylic acids is 1. The van der Waals surface area contributed by atoms with Gasteiger partial charge in [0.05, 0.1) is 20.0 Å². The summed E-state index contributed by atoms with van der Waals surface area (Å²) in [4.78, 5) is 21.9. The molecule has 1 aromatic carbocycles. The number of benzene rings is 1. The van der Waals surface area contributed by atoms with Crippen molar-refractivity contribution in [1.82, 2.24) is 5.32 Å². The molecular formula is C12H14ClNO4. The molecule has 5 nitrogen and oxygen atoms in total. The molecule has 0 aliphatic heterocycles. The number of carboxylic acid groups (broad SMARTS) is 1. The maximum atomic E-state index is 11.6. The fourth-order valence-electron chi connectivity index (χ4n) is 1.43. The molecule has 0 heterocycles. The van der Waals surface area contributed by atoms with Crippen molar-refractivity contribution in [3.05, 3.63) is 28.8 Å². The maximum absolute atomic E-state index is 11.6. The third kappa shape index (κ3) is 4.25. The second-order valence-corrected chi connectivity index (χ2v) is 4.00. The average molecular weight is 272 g/mol. The molecule has 1 amide bonds. The van der Waals surface area contributed by atoms with Crippen molar-refractivity contribution in [3.63, 3.8) is 0 Å². The highest BCUT2D eigenvalue weighted by Gasteiger charge is 2.12. The fourth-order valence-corrected chi connectivity index (χ4v) is 1.67. The van der Waals surface area contributed by atoms with Crippen LogP contribution in [-0.4, -0.2) is 30.6 Å². The molecule has 1 rings (SSSR count). The molecule has 6 heteroatoms. The normalized spacial score (nSPS) is 9.89. The van der Waals surface area contributed by atoms with E-state index in [0.29, 0.717) is 16.3 Å². The first-order valence-corrected chi connectivity index (χ1v) is 5.72. The standard InChI is InChI=1S/C12H14ClNO4/c1-18-10-4-2-3-9(13)8(10)7-11(15)14-6-5-12(16)17/h2-4H,5-7H2,1H3,(H,14,15)(H,16,17). The van der Waals surface area contributed by atoms with E-state index in [1.807, 2.05) is 0 Å². The van der Waals surface area contributed by atoms with Gasteiger partial charge in [-0.3, -0.25) is 9.59 Å². The average Bonchev–Trinajstić information content (AvgIpc) is 2.31. The number of hydrogen-bond acceptors (Lipinski definition) is 3. The highest BCUT2D eigenvalue weighted by Crippen LogP contribution is 2.26. The Kier molecular flexibility index (Phi) is 5.45. The maximum Gasteiger partial charge on any atom is 0.305 e. The van der Waals surface area contributed by atoms with E-state index in [0.717, 1.165) is 0 Å². The van der Waals surface area contributed by atoms with Crippen LogP contribution < -0.4 is 10.1 Å². The molecule has 98 valence electrons. The minimum absolute atomic E-state index is 0.0580. The lowest BCUT2D eigenvalue weighted by atomic mass is 10.1. The zero-order chi connectivity index (χ0) is 13.5. The van der Waals surface area contributed by atoms with E-state index in [-0.39, 0.29) is 25.3 Å². The topological polar surface area (TPSA) is 75.6 Å². The minimum atomic E-state index is -0.953. The summed E-state index contributed by atoms with van der Waals surface area (Å²) in [6.07, 6.45) is -0.0478. The predicted octanol–water partition coefficient (Wildman–Crippen LogP) is 1.48. The number of carbonyl (C=O) groups is 2. The SMILES string of the molecule is COc1cccc(Cl)c1CC(=O)NCCC(=O)O. The summed E-state index contributed by atoms with van der Waals surface area (Å²) in [7, 11) is 1.50. The zero-order valence-corrected chi connectivity index (χ0v) is 10.7. The molecule has 0 fully saturated rings. The van der Waals surface area contributed by atoms with Crippen molar-refractivity contribution in [3.8, 4) is 5.75 Å². The first-order chi connectivity index (χ1) is 8.54. The van der Waals surface area contributed by atoms with Gasteiger partial charge in [-0.1, -0.05) is 17.7 Å². The Morgan fingerprint density at radius 2 is 2.17 bits per heavy atom. The Morgan fingerprint density at radius 1 is 1.44 bits per heavy atom. The first-order valence-electron chi connectivity index (χ1n) is 5.34. The number of halogens is 1. The lowest BCUT2D eigenvalue weighted by Crippen LogP contribution is -2.27. The smallest absolute Gasteiger partial charge is 0.305 e. The van der Waals surface area contributed by atoms with E-state index in [4.69, 9.17) is 21.4 Å². The molecule has 0 saturated carbocycles. The lowest BCUT2D eigenvalue weighted by Gasteiger charge is -2.10. The number of carbonyl (C=O) groups excluding carboxylic acids is 1. The second-order valence-electron chi connectivity index (χ2n) is 3.59. The Hall–Kier alpha value is -1.75. The van der Waals surface area contributed by atoms with Crippen LogP contribution >= 0.6 is 11.6 Å². The van der Waals surface area contributed by atoms with Crippen molar-refractivity contribution >= 4 is 23.5 Å². The molecular weight excluding hydrogens is 258 g/mol. The molecule has 18 heavy (non-hydrogen) atoms. The number of ether oxygens (including phenoxy) is 1. The van der Waals surface area contributed by atoms with Crippen LogP contribution in [0.3, 0.4) is 0 Å². The number of methoxy groups -OCH3 is 1. The molecule has 1 aromatic rings. The molecule has 0 bridgehead atoms. The van der Waals surface area contributed by atoms with Gasteiger partial charge in [0, 0.05) is 17.1 Å². The molecule has 0 atom stereocenters. The summed E-state index contributed by atoms with van der Waals surface area (Å²) < 4.78 is 5.11. The van der Waals surface area contributed by atoms with Gasteiger partial charge in [-0.25, -0.2) is 0 Å². The first kappa shape index (κ1) is 14.3. The van der Waals surface area contributed by atoms with Gasteiger partial charge < -0.3 is 15.2 Å². The summed E-state index contributed by atoms with van der Waals surface area (Å²) >= 11 is 5.98. The Bertz CT molecular complexity index is 448. The Balaban J connectivity index is 2.61. The molecule has 0 saturated heterocycles. The summed E-state index contributed by atoms with van der Waals surface area (Å²) in [5.41, 5.74) is 0.592. The second kappa shape index (κ2) is 6.86. The van der Waals surface area contributed by atoms with Gasteiger partial charge in [-0.05, 0) is 12.1 Å². The van der Waals surface area contributed by atoms with E-state index in [2.05, 4.69) is 5.32 Å². The number of hydrogen-bond donors (Lipinski definition) is 2. The summed E-state index contributed by atoms with van der Waals surface area (Å²) in [5, 5.41) is 11.4. The van der Waals surface area contributed by atoms with Crippen molar-refractivity contribution in [2.24, 2.45) is 0 Å². The van der Waals surface area contributed by atoms with E-state index >= 15 is 0 Å². The van der Waals surface area contributed by atoms with Crippen LogP contribution in [0, 0.1) is 0 Å². The van der Waals surface area contributed by atoms with Crippen LogP contribution in [-0.2, 0) is 16.0 Å². The predicted molar refractivity (Wildman–Crippen MR) is 67.0 cm³/mol. The van der Waals surface area contributed by atoms with Crippen molar-refractivity contribution in [2.45, 2.75) is 12.8 Å². The van der Waals surface area contributed by atoms with Gasteiger partial charge in [0.25, 0.3) is 0 Å². The van der Waals surface area contributed by atoms with E-state index in [9.17, 15) is 9.59 Å². The molecule has 0 spiro atoms. The van der Waals surface area contributed by atoms with Gasteiger partial charge in [-0.2, -0.15) is 0 Å². The third-order valence-electron chi connectivity index (χ3n) is 2.29. The number of amides is 1. The van der Waals surface area contributed by atoms with E-state index in [1.165, 1.54) is 7.11 Å². The monoisotopic (exact) mass is 271 g/mol. The van der Waals surface area contributed by atoms with Gasteiger partial charge in [0.15, 0.2) is 0 Å². The fraction of sp³-hybridized carbons (Fsp3) is 0.333. The largest absolute Gasteiger partial charge is 0.496 e. The highest BCUT2D eigenvalue weighted by molar-refractivity contribution is 6.31. The molecule has 0 aliphatic rings.